The van der Waals surface area contributed by atoms with Gasteiger partial charge in [0.25, 0.3) is 10.0 Å². The van der Waals surface area contributed by atoms with Gasteiger partial charge in [0.05, 0.1) is 11.3 Å². The standard InChI is InChI=1S/C20H26ClN3O3S/c1-4-5-15(9-19(25)17-7-6-14(2)8-18(17)21)16-10-24(11-16)28(26,27)20-12-23(3)13-22-20/h6-8,12-13,15-16H,4-5,9-11H2,1-3H3. The van der Waals surface area contributed by atoms with E-state index in [-0.39, 0.29) is 22.6 Å². The average Bonchev–Trinajstić information content (AvgIpc) is 3.00. The quantitative estimate of drug-likeness (QED) is 0.607. The fourth-order valence-electron chi connectivity index (χ4n) is 3.69. The zero-order valence-corrected chi connectivity index (χ0v) is 18.0. The summed E-state index contributed by atoms with van der Waals surface area (Å²) < 4.78 is 28.3. The fraction of sp³-hybridized carbons (Fsp3) is 0.500. The molecule has 0 bridgehead atoms. The molecule has 1 aliphatic heterocycles. The number of aromatic nitrogens is 2. The Kier molecular flexibility index (Phi) is 6.27. The van der Waals surface area contributed by atoms with Gasteiger partial charge in [-0.3, -0.25) is 4.79 Å². The molecule has 0 amide bonds. The van der Waals surface area contributed by atoms with Crippen LogP contribution >= 0.6 is 11.6 Å². The number of nitrogens with zero attached hydrogens (tertiary/aromatic N) is 3. The lowest BCUT2D eigenvalue weighted by Crippen LogP contribution is -2.52. The van der Waals surface area contributed by atoms with E-state index >= 15 is 0 Å². The maximum Gasteiger partial charge on any atom is 0.262 e. The Bertz CT molecular complexity index is 965. The summed E-state index contributed by atoms with van der Waals surface area (Å²) in [6, 6.07) is 5.47. The number of hydrogen-bond acceptors (Lipinski definition) is 4. The summed E-state index contributed by atoms with van der Waals surface area (Å²) in [6.07, 6.45) is 5.21. The molecule has 0 radical (unpaired) electrons. The van der Waals surface area contributed by atoms with E-state index in [4.69, 9.17) is 11.6 Å². The summed E-state index contributed by atoms with van der Waals surface area (Å²) in [7, 11) is -1.82. The van der Waals surface area contributed by atoms with Crippen LogP contribution in [0.15, 0.2) is 35.7 Å². The Labute approximate surface area is 171 Å². The number of carbonyl (C=O) groups excluding carboxylic acids is 1. The molecule has 0 aliphatic carbocycles. The molecule has 0 N–H and O–H groups in total. The second kappa shape index (κ2) is 8.35. The van der Waals surface area contributed by atoms with E-state index < -0.39 is 10.0 Å². The van der Waals surface area contributed by atoms with Crippen LogP contribution in [0.4, 0.5) is 0 Å². The van der Waals surface area contributed by atoms with Crippen molar-refractivity contribution in [3.05, 3.63) is 46.9 Å². The van der Waals surface area contributed by atoms with Crippen molar-refractivity contribution in [1.29, 1.82) is 0 Å². The third kappa shape index (κ3) is 4.31. The van der Waals surface area contributed by atoms with Crippen LogP contribution in [0.2, 0.25) is 5.02 Å². The predicted molar refractivity (Wildman–Crippen MR) is 109 cm³/mol. The van der Waals surface area contributed by atoms with Crippen LogP contribution in [0.1, 0.15) is 42.1 Å². The molecular formula is C20H26ClN3O3S. The van der Waals surface area contributed by atoms with Gasteiger partial charge >= 0.3 is 0 Å². The van der Waals surface area contributed by atoms with Crippen molar-refractivity contribution < 1.29 is 13.2 Å². The van der Waals surface area contributed by atoms with Gasteiger partial charge in [-0.25, -0.2) is 13.4 Å². The minimum absolute atomic E-state index is 0.0227. The molecule has 1 aromatic heterocycles. The van der Waals surface area contributed by atoms with Crippen LogP contribution in [0.25, 0.3) is 0 Å². The van der Waals surface area contributed by atoms with E-state index in [1.54, 1.807) is 23.7 Å². The first-order valence-electron chi connectivity index (χ1n) is 9.49. The predicted octanol–water partition coefficient (Wildman–Crippen LogP) is 3.69. The van der Waals surface area contributed by atoms with E-state index in [0.717, 1.165) is 18.4 Å². The second-order valence-electron chi connectivity index (χ2n) is 7.62. The molecular weight excluding hydrogens is 398 g/mol. The lowest BCUT2D eigenvalue weighted by atomic mass is 9.80. The SMILES string of the molecule is CCCC(CC(=O)c1ccc(C)cc1Cl)C1CN(S(=O)(=O)c2cn(C)cn2)C1. The van der Waals surface area contributed by atoms with Crippen molar-refractivity contribution in [3.8, 4) is 0 Å². The van der Waals surface area contributed by atoms with E-state index in [2.05, 4.69) is 11.9 Å². The van der Waals surface area contributed by atoms with Crippen LogP contribution in [-0.2, 0) is 17.1 Å². The first-order valence-corrected chi connectivity index (χ1v) is 11.3. The summed E-state index contributed by atoms with van der Waals surface area (Å²) in [5.41, 5.74) is 1.56. The number of halogens is 1. The van der Waals surface area contributed by atoms with Gasteiger partial charge in [-0.2, -0.15) is 4.31 Å². The molecule has 1 aromatic carbocycles. The van der Waals surface area contributed by atoms with Crippen LogP contribution in [0.5, 0.6) is 0 Å². The summed E-state index contributed by atoms with van der Waals surface area (Å²) in [5, 5.41) is 0.552. The lowest BCUT2D eigenvalue weighted by molar-refractivity contribution is 0.0849. The molecule has 152 valence electrons. The van der Waals surface area contributed by atoms with Gasteiger partial charge in [0.1, 0.15) is 0 Å². The number of rotatable bonds is 8. The maximum atomic E-state index is 12.8. The molecule has 1 fully saturated rings. The van der Waals surface area contributed by atoms with E-state index in [1.165, 1.54) is 16.8 Å². The number of benzene rings is 1. The maximum absolute atomic E-state index is 12.8. The second-order valence-corrected chi connectivity index (χ2v) is 9.91. The van der Waals surface area contributed by atoms with Crippen LogP contribution in [-0.4, -0.2) is 41.1 Å². The van der Waals surface area contributed by atoms with Gasteiger partial charge in [0.2, 0.25) is 0 Å². The molecule has 3 rings (SSSR count). The minimum Gasteiger partial charge on any atom is -0.339 e. The Morgan fingerprint density at radius 2 is 2.07 bits per heavy atom. The monoisotopic (exact) mass is 423 g/mol. The van der Waals surface area contributed by atoms with Crippen LogP contribution in [0, 0.1) is 18.8 Å². The first-order chi connectivity index (χ1) is 13.2. The largest absolute Gasteiger partial charge is 0.339 e. The molecule has 1 unspecified atom stereocenters. The minimum atomic E-state index is -3.56. The molecule has 1 atom stereocenters. The molecule has 0 spiro atoms. The van der Waals surface area contributed by atoms with Gasteiger partial charge in [0, 0.05) is 38.3 Å². The van der Waals surface area contributed by atoms with E-state index in [0.29, 0.717) is 30.1 Å². The van der Waals surface area contributed by atoms with Crippen molar-refractivity contribution in [2.45, 2.75) is 38.1 Å². The highest BCUT2D eigenvalue weighted by Gasteiger charge is 2.41. The number of imidazole rings is 1. The van der Waals surface area contributed by atoms with Crippen molar-refractivity contribution >= 4 is 27.4 Å². The molecule has 2 aromatic rings. The van der Waals surface area contributed by atoms with Crippen molar-refractivity contribution in [2.75, 3.05) is 13.1 Å². The van der Waals surface area contributed by atoms with Gasteiger partial charge in [-0.1, -0.05) is 31.0 Å². The van der Waals surface area contributed by atoms with Crippen LogP contribution < -0.4 is 0 Å². The van der Waals surface area contributed by atoms with Crippen LogP contribution in [0.3, 0.4) is 0 Å². The van der Waals surface area contributed by atoms with Gasteiger partial charge < -0.3 is 4.57 Å². The number of hydrogen-bond donors (Lipinski definition) is 0. The Morgan fingerprint density at radius 3 is 2.64 bits per heavy atom. The first kappa shape index (κ1) is 21.0. The highest BCUT2D eigenvalue weighted by atomic mass is 35.5. The Hall–Kier alpha value is -1.70. The third-order valence-electron chi connectivity index (χ3n) is 5.36. The summed E-state index contributed by atoms with van der Waals surface area (Å²) in [6.45, 7) is 4.87. The topological polar surface area (TPSA) is 72.3 Å². The molecule has 2 heterocycles. The number of carbonyl (C=O) groups is 1. The molecule has 1 aliphatic rings. The number of sulfonamides is 1. The summed E-state index contributed by atoms with van der Waals surface area (Å²) in [4.78, 5) is 16.7. The average molecular weight is 424 g/mol. The van der Waals surface area contributed by atoms with Crippen molar-refractivity contribution in [1.82, 2.24) is 13.9 Å². The molecule has 1 saturated heterocycles. The van der Waals surface area contributed by atoms with Gasteiger partial charge in [0.15, 0.2) is 10.8 Å². The summed E-state index contributed by atoms with van der Waals surface area (Å²) >= 11 is 6.25. The number of Topliss-reactive ketones (excluding diaryl/α,β-unsaturated/α-hetero) is 1. The number of aryl methyl sites for hydroxylation is 2. The Morgan fingerprint density at radius 1 is 1.36 bits per heavy atom. The van der Waals surface area contributed by atoms with E-state index in [1.807, 2.05) is 13.0 Å². The summed E-state index contributed by atoms with van der Waals surface area (Å²) in [5.74, 6) is 0.339. The normalized spacial score (nSPS) is 16.7. The highest BCUT2D eigenvalue weighted by Crippen LogP contribution is 2.34. The van der Waals surface area contributed by atoms with Gasteiger partial charge in [-0.15, -0.1) is 0 Å². The molecule has 6 nitrogen and oxygen atoms in total. The third-order valence-corrected chi connectivity index (χ3v) is 7.39. The molecule has 8 heteroatoms. The smallest absolute Gasteiger partial charge is 0.262 e. The zero-order chi connectivity index (χ0) is 20.5. The molecule has 28 heavy (non-hydrogen) atoms. The van der Waals surface area contributed by atoms with Gasteiger partial charge in [-0.05, 0) is 42.9 Å². The fourth-order valence-corrected chi connectivity index (χ4v) is 5.55. The molecule has 0 saturated carbocycles. The van der Waals surface area contributed by atoms with E-state index in [9.17, 15) is 13.2 Å². The lowest BCUT2D eigenvalue weighted by Gasteiger charge is -2.42. The Balaban J connectivity index is 1.66. The zero-order valence-electron chi connectivity index (χ0n) is 16.4. The highest BCUT2D eigenvalue weighted by molar-refractivity contribution is 7.89. The van der Waals surface area contributed by atoms with Crippen molar-refractivity contribution in [2.24, 2.45) is 18.9 Å². The number of ketones is 1. The van der Waals surface area contributed by atoms with Crippen molar-refractivity contribution in [3.63, 3.8) is 0 Å².